The molecule has 6 nitrogen and oxygen atoms in total. The number of nitrogens with two attached hydrogens (primary N) is 1. The van der Waals surface area contributed by atoms with Crippen LogP contribution in [0, 0.1) is 13.8 Å². The normalized spacial score (nSPS) is 10.0. The van der Waals surface area contributed by atoms with Gasteiger partial charge in [0.05, 0.1) is 13.0 Å². The summed E-state index contributed by atoms with van der Waals surface area (Å²) in [6.07, 6.45) is 0.131. The molecule has 0 aliphatic rings. The molecule has 3 N–H and O–H groups in total. The van der Waals surface area contributed by atoms with Crippen molar-refractivity contribution in [3.63, 3.8) is 0 Å². The number of amides is 2. The topological polar surface area (TPSA) is 90.7 Å². The number of carbonyl (C=O) groups excluding carboxylic acids is 2. The predicted molar refractivity (Wildman–Crippen MR) is 69.3 cm³/mol. The zero-order valence-electron chi connectivity index (χ0n) is 11.1. The molecule has 0 bridgehead atoms. The van der Waals surface area contributed by atoms with Gasteiger partial charge in [-0.3, -0.25) is 14.4 Å². The van der Waals surface area contributed by atoms with Crippen molar-refractivity contribution in [3.8, 4) is 5.75 Å². The second-order valence-corrected chi connectivity index (χ2v) is 4.20. The van der Waals surface area contributed by atoms with E-state index < -0.39 is 5.91 Å². The summed E-state index contributed by atoms with van der Waals surface area (Å²) in [5.74, 6) is -0.291. The molecule has 19 heavy (non-hydrogen) atoms. The zero-order valence-corrected chi connectivity index (χ0v) is 11.1. The summed E-state index contributed by atoms with van der Waals surface area (Å²) in [6, 6.07) is 5.83. The molecule has 0 aliphatic heterocycles. The highest BCUT2D eigenvalue weighted by atomic mass is 16.7. The lowest BCUT2D eigenvalue weighted by Gasteiger charge is -2.08. The van der Waals surface area contributed by atoms with Gasteiger partial charge in [-0.25, -0.2) is 5.48 Å². The Labute approximate surface area is 111 Å². The number of aryl methyl sites for hydroxylation is 2. The van der Waals surface area contributed by atoms with Crippen molar-refractivity contribution < 1.29 is 19.2 Å². The van der Waals surface area contributed by atoms with Crippen LogP contribution in [-0.4, -0.2) is 25.0 Å². The summed E-state index contributed by atoms with van der Waals surface area (Å²) in [5.41, 5.74) is 9.15. The van der Waals surface area contributed by atoms with Crippen LogP contribution in [0.25, 0.3) is 0 Å². The van der Waals surface area contributed by atoms with E-state index in [4.69, 9.17) is 10.5 Å². The fraction of sp³-hybridized carbons (Fsp3) is 0.385. The molecule has 0 fully saturated rings. The van der Waals surface area contributed by atoms with Crippen LogP contribution in [0.5, 0.6) is 5.75 Å². The van der Waals surface area contributed by atoms with Gasteiger partial charge in [0, 0.05) is 0 Å². The average Bonchev–Trinajstić information content (AvgIpc) is 2.27. The minimum Gasteiger partial charge on any atom is -0.493 e. The first kappa shape index (κ1) is 15.0. The van der Waals surface area contributed by atoms with Crippen molar-refractivity contribution in [2.45, 2.75) is 20.3 Å². The van der Waals surface area contributed by atoms with Crippen LogP contribution in [0.3, 0.4) is 0 Å². The number of nitrogens with one attached hydrogen (secondary N) is 1. The Kier molecular flexibility index (Phi) is 5.81. The van der Waals surface area contributed by atoms with E-state index in [2.05, 4.69) is 10.3 Å². The molecule has 0 atom stereocenters. The van der Waals surface area contributed by atoms with Crippen LogP contribution in [0.15, 0.2) is 18.2 Å². The van der Waals surface area contributed by atoms with Gasteiger partial charge in [-0.2, -0.15) is 0 Å². The van der Waals surface area contributed by atoms with E-state index in [1.165, 1.54) is 0 Å². The zero-order chi connectivity index (χ0) is 14.3. The Hall–Kier alpha value is -2.08. The van der Waals surface area contributed by atoms with E-state index in [0.29, 0.717) is 0 Å². The van der Waals surface area contributed by atoms with Gasteiger partial charge in [0.25, 0.3) is 0 Å². The molecule has 0 heterocycles. The molecular weight excluding hydrogens is 248 g/mol. The van der Waals surface area contributed by atoms with Gasteiger partial charge in [-0.1, -0.05) is 6.07 Å². The summed E-state index contributed by atoms with van der Waals surface area (Å²) in [4.78, 5) is 26.2. The van der Waals surface area contributed by atoms with Crippen molar-refractivity contribution >= 4 is 11.8 Å². The molecule has 0 aliphatic carbocycles. The number of primary amides is 1. The number of rotatable bonds is 7. The maximum absolute atomic E-state index is 11.3. The monoisotopic (exact) mass is 266 g/mol. The molecule has 1 rings (SSSR count). The molecule has 6 heteroatoms. The van der Waals surface area contributed by atoms with Crippen LogP contribution >= 0.6 is 0 Å². The molecule has 2 amide bonds. The van der Waals surface area contributed by atoms with Gasteiger partial charge in [-0.15, -0.1) is 0 Å². The van der Waals surface area contributed by atoms with Gasteiger partial charge < -0.3 is 10.5 Å². The van der Waals surface area contributed by atoms with Crippen molar-refractivity contribution in [1.29, 1.82) is 0 Å². The van der Waals surface area contributed by atoms with Crippen LogP contribution in [0.4, 0.5) is 0 Å². The molecule has 0 spiro atoms. The van der Waals surface area contributed by atoms with Crippen molar-refractivity contribution in [2.24, 2.45) is 5.73 Å². The molecule has 0 unspecified atom stereocenters. The predicted octanol–water partition coefficient (Wildman–Crippen LogP) is 0.605. The van der Waals surface area contributed by atoms with Gasteiger partial charge in [0.1, 0.15) is 5.75 Å². The molecule has 0 aromatic heterocycles. The molecule has 0 saturated heterocycles. The van der Waals surface area contributed by atoms with Crippen LogP contribution in [0.1, 0.15) is 17.5 Å². The van der Waals surface area contributed by atoms with Crippen LogP contribution < -0.4 is 16.0 Å². The summed E-state index contributed by atoms with van der Waals surface area (Å²) in [7, 11) is 0. The molecule has 1 aromatic carbocycles. The van der Waals surface area contributed by atoms with Gasteiger partial charge >= 0.3 is 0 Å². The lowest BCUT2D eigenvalue weighted by atomic mass is 10.1. The van der Waals surface area contributed by atoms with E-state index >= 15 is 0 Å². The number of benzene rings is 1. The Morgan fingerprint density at radius 1 is 1.21 bits per heavy atom. The van der Waals surface area contributed by atoms with E-state index in [9.17, 15) is 9.59 Å². The Morgan fingerprint density at radius 2 is 1.84 bits per heavy atom. The second kappa shape index (κ2) is 7.38. The smallest absolute Gasteiger partial charge is 0.246 e. The van der Waals surface area contributed by atoms with Gasteiger partial charge in [-0.05, 0) is 37.1 Å². The van der Waals surface area contributed by atoms with Crippen LogP contribution in [-0.2, 0) is 14.4 Å². The highest BCUT2D eigenvalue weighted by molar-refractivity contribution is 5.76. The average molecular weight is 266 g/mol. The first-order chi connectivity index (χ1) is 8.97. The fourth-order valence-electron chi connectivity index (χ4n) is 1.52. The minimum absolute atomic E-state index is 0.131. The van der Waals surface area contributed by atoms with Crippen LogP contribution in [0.2, 0.25) is 0 Å². The summed E-state index contributed by atoms with van der Waals surface area (Å²) in [6.45, 7) is 3.84. The third kappa shape index (κ3) is 6.42. The minimum atomic E-state index is -0.646. The quantitative estimate of drug-likeness (QED) is 0.707. The Bertz CT molecular complexity index is 440. The SMILES string of the molecule is Cc1cc(C)cc(OCCC(=O)NOCC(N)=O)c1. The summed E-state index contributed by atoms with van der Waals surface area (Å²) < 4.78 is 5.46. The third-order valence-electron chi connectivity index (χ3n) is 2.19. The van der Waals surface area contributed by atoms with Gasteiger partial charge in [0.15, 0.2) is 6.61 Å². The standard InChI is InChI=1S/C13H18N2O4/c1-9-5-10(2)7-11(6-9)18-4-3-13(17)15-19-8-12(14)16/h5-7H,3-4,8H2,1-2H3,(H2,14,16)(H,15,17). The molecule has 104 valence electrons. The Morgan fingerprint density at radius 3 is 2.42 bits per heavy atom. The maximum atomic E-state index is 11.3. The highest BCUT2D eigenvalue weighted by Gasteiger charge is 2.03. The van der Waals surface area contributed by atoms with Crippen molar-refractivity contribution in [3.05, 3.63) is 29.3 Å². The maximum Gasteiger partial charge on any atom is 0.246 e. The van der Waals surface area contributed by atoms with Crippen molar-refractivity contribution in [1.82, 2.24) is 5.48 Å². The molecular formula is C13H18N2O4. The number of carbonyl (C=O) groups is 2. The molecule has 0 saturated carbocycles. The number of hydroxylamine groups is 1. The summed E-state index contributed by atoms with van der Waals surface area (Å²) in [5, 5.41) is 0. The first-order valence-electron chi connectivity index (χ1n) is 5.87. The van der Waals surface area contributed by atoms with Crippen molar-refractivity contribution in [2.75, 3.05) is 13.2 Å². The van der Waals surface area contributed by atoms with Gasteiger partial charge in [0.2, 0.25) is 11.8 Å². The lowest BCUT2D eigenvalue weighted by molar-refractivity contribution is -0.138. The highest BCUT2D eigenvalue weighted by Crippen LogP contribution is 2.16. The number of hydrogen-bond acceptors (Lipinski definition) is 4. The summed E-state index contributed by atoms with van der Waals surface area (Å²) >= 11 is 0. The third-order valence-corrected chi connectivity index (χ3v) is 2.19. The van der Waals surface area contributed by atoms with E-state index in [1.807, 2.05) is 32.0 Å². The lowest BCUT2D eigenvalue weighted by Crippen LogP contribution is -2.30. The van der Waals surface area contributed by atoms with E-state index in [1.54, 1.807) is 0 Å². The largest absolute Gasteiger partial charge is 0.493 e. The number of hydrogen-bond donors (Lipinski definition) is 2. The number of ether oxygens (including phenoxy) is 1. The van der Waals surface area contributed by atoms with E-state index in [0.717, 1.165) is 16.9 Å². The van der Waals surface area contributed by atoms with E-state index in [-0.39, 0.29) is 25.5 Å². The fourth-order valence-corrected chi connectivity index (χ4v) is 1.52. The molecule has 0 radical (unpaired) electrons. The Balaban J connectivity index is 2.26. The molecule has 1 aromatic rings. The first-order valence-corrected chi connectivity index (χ1v) is 5.87. The second-order valence-electron chi connectivity index (χ2n) is 4.20.